The second-order valence-electron chi connectivity index (χ2n) is 4.13. The van der Waals surface area contributed by atoms with E-state index in [4.69, 9.17) is 10.2 Å². The van der Waals surface area contributed by atoms with E-state index in [0.29, 0.717) is 5.89 Å². The van der Waals surface area contributed by atoms with Gasteiger partial charge in [0.15, 0.2) is 0 Å². The van der Waals surface area contributed by atoms with Gasteiger partial charge in [0.2, 0.25) is 5.89 Å². The SMILES string of the molecule is Cc1ccc(Cc2coc(C(C)N)n2)cc1. The second kappa shape index (κ2) is 4.49. The number of nitrogens with two attached hydrogens (primary N) is 1. The smallest absolute Gasteiger partial charge is 0.210 e. The number of oxazole rings is 1. The average molecular weight is 216 g/mol. The fraction of sp³-hybridized carbons (Fsp3) is 0.308. The number of aryl methyl sites for hydroxylation is 1. The van der Waals surface area contributed by atoms with Gasteiger partial charge in [0, 0.05) is 6.42 Å². The molecule has 0 aliphatic carbocycles. The summed E-state index contributed by atoms with van der Waals surface area (Å²) >= 11 is 0. The molecule has 0 bridgehead atoms. The lowest BCUT2D eigenvalue weighted by Crippen LogP contribution is -2.05. The van der Waals surface area contributed by atoms with Crippen LogP contribution in [0.2, 0.25) is 0 Å². The summed E-state index contributed by atoms with van der Waals surface area (Å²) in [6.07, 6.45) is 2.47. The molecule has 2 rings (SSSR count). The summed E-state index contributed by atoms with van der Waals surface area (Å²) in [4.78, 5) is 4.34. The Kier molecular flexibility index (Phi) is 3.06. The molecule has 0 radical (unpaired) electrons. The molecule has 1 unspecified atom stereocenters. The van der Waals surface area contributed by atoms with Crippen molar-refractivity contribution in [3.05, 3.63) is 53.2 Å². The van der Waals surface area contributed by atoms with Gasteiger partial charge in [-0.2, -0.15) is 0 Å². The molecule has 2 N–H and O–H groups in total. The van der Waals surface area contributed by atoms with E-state index in [9.17, 15) is 0 Å². The number of hydrogen-bond donors (Lipinski definition) is 1. The highest BCUT2D eigenvalue weighted by molar-refractivity contribution is 5.24. The van der Waals surface area contributed by atoms with Crippen LogP contribution in [0.3, 0.4) is 0 Å². The van der Waals surface area contributed by atoms with Crippen LogP contribution in [-0.4, -0.2) is 4.98 Å². The van der Waals surface area contributed by atoms with Crippen molar-refractivity contribution >= 4 is 0 Å². The molecule has 1 atom stereocenters. The van der Waals surface area contributed by atoms with Gasteiger partial charge in [0.1, 0.15) is 6.26 Å². The third kappa shape index (κ3) is 2.49. The number of benzene rings is 1. The van der Waals surface area contributed by atoms with Crippen LogP contribution in [0.15, 0.2) is 34.9 Å². The van der Waals surface area contributed by atoms with Crippen LogP contribution >= 0.6 is 0 Å². The fourth-order valence-electron chi connectivity index (χ4n) is 1.53. The first-order valence-electron chi connectivity index (χ1n) is 5.40. The Morgan fingerprint density at radius 1 is 1.31 bits per heavy atom. The summed E-state index contributed by atoms with van der Waals surface area (Å²) in [6.45, 7) is 3.94. The predicted molar refractivity (Wildman–Crippen MR) is 63.1 cm³/mol. The maximum absolute atomic E-state index is 5.68. The molecule has 0 aliphatic heterocycles. The van der Waals surface area contributed by atoms with Crippen LogP contribution in [-0.2, 0) is 6.42 Å². The molecule has 3 nitrogen and oxygen atoms in total. The first-order chi connectivity index (χ1) is 7.65. The molecule has 3 heteroatoms. The first kappa shape index (κ1) is 10.9. The minimum absolute atomic E-state index is 0.147. The van der Waals surface area contributed by atoms with Gasteiger partial charge < -0.3 is 10.2 Å². The lowest BCUT2D eigenvalue weighted by atomic mass is 10.1. The van der Waals surface area contributed by atoms with Crippen LogP contribution in [0.4, 0.5) is 0 Å². The summed E-state index contributed by atoms with van der Waals surface area (Å²) in [7, 11) is 0. The molecule has 0 spiro atoms. The van der Waals surface area contributed by atoms with Crippen molar-refractivity contribution in [1.82, 2.24) is 4.98 Å². The molecular weight excluding hydrogens is 200 g/mol. The summed E-state index contributed by atoms with van der Waals surface area (Å²) in [5.41, 5.74) is 9.11. The molecule has 0 fully saturated rings. The lowest BCUT2D eigenvalue weighted by molar-refractivity contribution is 0.463. The normalized spacial score (nSPS) is 12.7. The van der Waals surface area contributed by atoms with E-state index in [1.54, 1.807) is 6.26 Å². The average Bonchev–Trinajstić information content (AvgIpc) is 2.70. The summed E-state index contributed by atoms with van der Waals surface area (Å²) in [5, 5.41) is 0. The molecule has 0 aliphatic rings. The van der Waals surface area contributed by atoms with Gasteiger partial charge in [-0.3, -0.25) is 0 Å². The van der Waals surface area contributed by atoms with Crippen LogP contribution in [0.25, 0.3) is 0 Å². The second-order valence-corrected chi connectivity index (χ2v) is 4.13. The van der Waals surface area contributed by atoms with Crippen molar-refractivity contribution in [2.24, 2.45) is 5.73 Å². The Balaban J connectivity index is 2.11. The molecule has 16 heavy (non-hydrogen) atoms. The monoisotopic (exact) mass is 216 g/mol. The molecule has 0 saturated carbocycles. The van der Waals surface area contributed by atoms with E-state index in [1.807, 2.05) is 6.92 Å². The molecule has 1 heterocycles. The van der Waals surface area contributed by atoms with Crippen LogP contribution < -0.4 is 5.73 Å². The minimum Gasteiger partial charge on any atom is -0.447 e. The van der Waals surface area contributed by atoms with Gasteiger partial charge in [-0.1, -0.05) is 29.8 Å². The highest BCUT2D eigenvalue weighted by atomic mass is 16.3. The number of hydrogen-bond acceptors (Lipinski definition) is 3. The highest BCUT2D eigenvalue weighted by Crippen LogP contribution is 2.13. The quantitative estimate of drug-likeness (QED) is 0.858. The van der Waals surface area contributed by atoms with Gasteiger partial charge in [-0.15, -0.1) is 0 Å². The molecule has 1 aromatic carbocycles. The number of nitrogens with zero attached hydrogens (tertiary/aromatic N) is 1. The summed E-state index contributed by atoms with van der Waals surface area (Å²) < 4.78 is 5.29. The van der Waals surface area contributed by atoms with Gasteiger partial charge in [-0.25, -0.2) is 4.98 Å². The van der Waals surface area contributed by atoms with E-state index < -0.39 is 0 Å². The zero-order chi connectivity index (χ0) is 11.5. The Bertz CT molecular complexity index is 457. The van der Waals surface area contributed by atoms with Crippen molar-refractivity contribution < 1.29 is 4.42 Å². The zero-order valence-electron chi connectivity index (χ0n) is 9.60. The van der Waals surface area contributed by atoms with E-state index in [-0.39, 0.29) is 6.04 Å². The van der Waals surface area contributed by atoms with Crippen LogP contribution in [0, 0.1) is 6.92 Å². The van der Waals surface area contributed by atoms with Gasteiger partial charge in [-0.05, 0) is 19.4 Å². The van der Waals surface area contributed by atoms with Crippen molar-refractivity contribution in [1.29, 1.82) is 0 Å². The van der Waals surface area contributed by atoms with Crippen molar-refractivity contribution in [3.8, 4) is 0 Å². The molecule has 1 aromatic heterocycles. The largest absolute Gasteiger partial charge is 0.447 e. The lowest BCUT2D eigenvalue weighted by Gasteiger charge is -1.98. The molecule has 0 amide bonds. The number of rotatable bonds is 3. The number of aromatic nitrogens is 1. The van der Waals surface area contributed by atoms with E-state index in [2.05, 4.69) is 36.2 Å². The van der Waals surface area contributed by atoms with Gasteiger partial charge >= 0.3 is 0 Å². The molecule has 84 valence electrons. The Morgan fingerprint density at radius 2 is 2.00 bits per heavy atom. The maximum atomic E-state index is 5.68. The van der Waals surface area contributed by atoms with E-state index in [1.165, 1.54) is 11.1 Å². The van der Waals surface area contributed by atoms with E-state index >= 15 is 0 Å². The highest BCUT2D eigenvalue weighted by Gasteiger charge is 2.08. The minimum atomic E-state index is -0.147. The predicted octanol–water partition coefficient (Wildman–Crippen LogP) is 2.59. The first-order valence-corrected chi connectivity index (χ1v) is 5.40. The van der Waals surface area contributed by atoms with Gasteiger partial charge in [0.25, 0.3) is 0 Å². The van der Waals surface area contributed by atoms with Crippen LogP contribution in [0.5, 0.6) is 0 Å². The van der Waals surface area contributed by atoms with Gasteiger partial charge in [0.05, 0.1) is 11.7 Å². The Morgan fingerprint density at radius 3 is 2.56 bits per heavy atom. The molecule has 2 aromatic rings. The third-order valence-electron chi connectivity index (χ3n) is 2.46. The van der Waals surface area contributed by atoms with Crippen molar-refractivity contribution in [2.45, 2.75) is 26.3 Å². The van der Waals surface area contributed by atoms with E-state index in [0.717, 1.165) is 12.1 Å². The Hall–Kier alpha value is -1.61. The third-order valence-corrected chi connectivity index (χ3v) is 2.46. The summed E-state index contributed by atoms with van der Waals surface area (Å²) in [6, 6.07) is 8.27. The van der Waals surface area contributed by atoms with Crippen molar-refractivity contribution in [3.63, 3.8) is 0 Å². The standard InChI is InChI=1S/C13H16N2O/c1-9-3-5-11(6-4-9)7-12-8-16-13(15-12)10(2)14/h3-6,8,10H,7,14H2,1-2H3. The fourth-order valence-corrected chi connectivity index (χ4v) is 1.53. The topological polar surface area (TPSA) is 52.0 Å². The Labute approximate surface area is 95.3 Å². The van der Waals surface area contributed by atoms with Crippen molar-refractivity contribution in [2.75, 3.05) is 0 Å². The molecular formula is C13H16N2O. The van der Waals surface area contributed by atoms with Crippen LogP contribution in [0.1, 0.15) is 35.7 Å². The zero-order valence-corrected chi connectivity index (χ0v) is 9.60. The molecule has 0 saturated heterocycles. The maximum Gasteiger partial charge on any atom is 0.210 e. The summed E-state index contributed by atoms with van der Waals surface area (Å²) in [5.74, 6) is 0.599.